The van der Waals surface area contributed by atoms with E-state index in [9.17, 15) is 4.79 Å². The van der Waals surface area contributed by atoms with Crippen LogP contribution in [0, 0.1) is 5.92 Å². The fraction of sp³-hybridized carbons (Fsp3) is 0.538. The summed E-state index contributed by atoms with van der Waals surface area (Å²) in [6, 6.07) is 1.84. The number of pyridine rings is 1. The molecule has 1 atom stereocenters. The molecule has 0 aliphatic carbocycles. The number of aromatic nitrogens is 1. The van der Waals surface area contributed by atoms with E-state index in [0.29, 0.717) is 0 Å². The Balaban J connectivity index is 2.90. The third-order valence-electron chi connectivity index (χ3n) is 2.72. The smallest absolute Gasteiger partial charge is 0.166 e. The van der Waals surface area contributed by atoms with E-state index in [4.69, 9.17) is 0 Å². The monoisotopic (exact) mass is 205 g/mol. The molecule has 2 heteroatoms. The summed E-state index contributed by atoms with van der Waals surface area (Å²) in [4.78, 5) is 16.1. The van der Waals surface area contributed by atoms with Crippen LogP contribution in [-0.2, 0) is 6.42 Å². The molecule has 0 aliphatic rings. The number of rotatable bonds is 5. The van der Waals surface area contributed by atoms with Crippen LogP contribution < -0.4 is 0 Å². The minimum atomic E-state index is 0.127. The molecule has 0 saturated heterocycles. The molecule has 1 unspecified atom stereocenters. The second-order valence-corrected chi connectivity index (χ2v) is 3.94. The van der Waals surface area contributed by atoms with Crippen molar-refractivity contribution >= 4 is 5.78 Å². The van der Waals surface area contributed by atoms with Crippen molar-refractivity contribution in [1.82, 2.24) is 4.98 Å². The van der Waals surface area contributed by atoms with Gasteiger partial charge >= 0.3 is 0 Å². The van der Waals surface area contributed by atoms with Gasteiger partial charge in [-0.25, -0.2) is 0 Å². The van der Waals surface area contributed by atoms with Gasteiger partial charge in [-0.2, -0.15) is 0 Å². The van der Waals surface area contributed by atoms with E-state index in [-0.39, 0.29) is 11.7 Å². The molecule has 1 aromatic rings. The van der Waals surface area contributed by atoms with E-state index in [0.717, 1.165) is 30.4 Å². The summed E-state index contributed by atoms with van der Waals surface area (Å²) >= 11 is 0. The molecule has 0 saturated carbocycles. The third kappa shape index (κ3) is 2.88. The molecular weight excluding hydrogens is 186 g/mol. The lowest BCUT2D eigenvalue weighted by molar-refractivity contribution is 0.0922. The van der Waals surface area contributed by atoms with Crippen LogP contribution in [0.2, 0.25) is 0 Å². The first-order valence-electron chi connectivity index (χ1n) is 5.67. The summed E-state index contributed by atoms with van der Waals surface area (Å²) in [6.07, 6.45) is 6.38. The SMILES string of the molecule is CCCC(C)C(=O)c1ccncc1CC. The standard InChI is InChI=1S/C13H19NO/c1-4-6-10(3)13(15)12-7-8-14-9-11(12)5-2/h7-10H,4-6H2,1-3H3. The first-order valence-corrected chi connectivity index (χ1v) is 5.67. The van der Waals surface area contributed by atoms with Gasteiger partial charge in [-0.05, 0) is 24.5 Å². The largest absolute Gasteiger partial charge is 0.294 e. The van der Waals surface area contributed by atoms with Crippen molar-refractivity contribution in [3.8, 4) is 0 Å². The van der Waals surface area contributed by atoms with Gasteiger partial charge in [-0.15, -0.1) is 0 Å². The minimum Gasteiger partial charge on any atom is -0.294 e. The number of hydrogen-bond acceptors (Lipinski definition) is 2. The van der Waals surface area contributed by atoms with Crippen LogP contribution in [0.1, 0.15) is 49.5 Å². The molecule has 1 rings (SSSR count). The zero-order valence-electron chi connectivity index (χ0n) is 9.79. The van der Waals surface area contributed by atoms with Crippen molar-refractivity contribution in [3.63, 3.8) is 0 Å². The van der Waals surface area contributed by atoms with Crippen LogP contribution in [0.3, 0.4) is 0 Å². The molecule has 1 heterocycles. The van der Waals surface area contributed by atoms with Crippen molar-refractivity contribution in [2.24, 2.45) is 5.92 Å². The van der Waals surface area contributed by atoms with Gasteiger partial charge in [-0.3, -0.25) is 9.78 Å². The predicted octanol–water partition coefficient (Wildman–Crippen LogP) is 3.26. The van der Waals surface area contributed by atoms with Crippen molar-refractivity contribution in [2.45, 2.75) is 40.0 Å². The van der Waals surface area contributed by atoms with E-state index >= 15 is 0 Å². The molecule has 82 valence electrons. The Morgan fingerprint density at radius 2 is 2.20 bits per heavy atom. The molecule has 1 aromatic heterocycles. The molecule has 0 amide bonds. The summed E-state index contributed by atoms with van der Waals surface area (Å²) < 4.78 is 0. The van der Waals surface area contributed by atoms with Crippen LogP contribution in [-0.4, -0.2) is 10.8 Å². The number of nitrogens with zero attached hydrogens (tertiary/aromatic N) is 1. The molecule has 0 aliphatic heterocycles. The van der Waals surface area contributed by atoms with Crippen LogP contribution in [0.4, 0.5) is 0 Å². The minimum absolute atomic E-state index is 0.127. The van der Waals surface area contributed by atoms with Crippen LogP contribution >= 0.6 is 0 Å². The van der Waals surface area contributed by atoms with Gasteiger partial charge < -0.3 is 0 Å². The van der Waals surface area contributed by atoms with E-state index in [1.54, 1.807) is 12.4 Å². The molecule has 0 N–H and O–H groups in total. The summed E-state index contributed by atoms with van der Waals surface area (Å²) in [5, 5.41) is 0. The Morgan fingerprint density at radius 1 is 1.47 bits per heavy atom. The number of carbonyl (C=O) groups is 1. The molecule has 0 bridgehead atoms. The molecular formula is C13H19NO. The second kappa shape index (κ2) is 5.64. The molecule has 15 heavy (non-hydrogen) atoms. The van der Waals surface area contributed by atoms with Gasteiger partial charge in [0.25, 0.3) is 0 Å². The van der Waals surface area contributed by atoms with Gasteiger partial charge in [0.15, 0.2) is 5.78 Å². The summed E-state index contributed by atoms with van der Waals surface area (Å²) in [6.45, 7) is 6.17. The Labute approximate surface area is 91.7 Å². The zero-order chi connectivity index (χ0) is 11.3. The number of hydrogen-bond donors (Lipinski definition) is 0. The van der Waals surface area contributed by atoms with Crippen molar-refractivity contribution in [1.29, 1.82) is 0 Å². The normalized spacial score (nSPS) is 12.5. The van der Waals surface area contributed by atoms with Crippen molar-refractivity contribution < 1.29 is 4.79 Å². The number of carbonyl (C=O) groups excluding carboxylic acids is 1. The van der Waals surface area contributed by atoms with Crippen LogP contribution in [0.25, 0.3) is 0 Å². The fourth-order valence-electron chi connectivity index (χ4n) is 1.78. The molecule has 0 radical (unpaired) electrons. The summed E-state index contributed by atoms with van der Waals surface area (Å²) in [7, 11) is 0. The Kier molecular flexibility index (Phi) is 4.47. The summed E-state index contributed by atoms with van der Waals surface area (Å²) in [5.41, 5.74) is 1.92. The Hall–Kier alpha value is -1.18. The highest BCUT2D eigenvalue weighted by atomic mass is 16.1. The number of ketones is 1. The Bertz CT molecular complexity index is 333. The first kappa shape index (κ1) is 11.9. The Morgan fingerprint density at radius 3 is 2.80 bits per heavy atom. The highest BCUT2D eigenvalue weighted by Crippen LogP contribution is 2.16. The molecule has 0 fully saturated rings. The van der Waals surface area contributed by atoms with Gasteiger partial charge in [0.05, 0.1) is 0 Å². The number of aryl methyl sites for hydroxylation is 1. The lowest BCUT2D eigenvalue weighted by atomic mass is 9.93. The van der Waals surface area contributed by atoms with Gasteiger partial charge in [-0.1, -0.05) is 27.2 Å². The second-order valence-electron chi connectivity index (χ2n) is 3.94. The highest BCUT2D eigenvalue weighted by Gasteiger charge is 2.16. The zero-order valence-corrected chi connectivity index (χ0v) is 9.79. The highest BCUT2D eigenvalue weighted by molar-refractivity contribution is 5.98. The lowest BCUT2D eigenvalue weighted by Gasteiger charge is -2.11. The summed E-state index contributed by atoms with van der Waals surface area (Å²) in [5.74, 6) is 0.388. The van der Waals surface area contributed by atoms with E-state index < -0.39 is 0 Å². The molecule has 2 nitrogen and oxygen atoms in total. The third-order valence-corrected chi connectivity index (χ3v) is 2.72. The topological polar surface area (TPSA) is 30.0 Å². The maximum Gasteiger partial charge on any atom is 0.166 e. The average Bonchev–Trinajstić information content (AvgIpc) is 2.28. The van der Waals surface area contributed by atoms with Gasteiger partial charge in [0, 0.05) is 23.9 Å². The maximum absolute atomic E-state index is 12.1. The molecule has 0 aromatic carbocycles. The average molecular weight is 205 g/mol. The van der Waals surface area contributed by atoms with Crippen molar-refractivity contribution in [3.05, 3.63) is 29.6 Å². The fourth-order valence-corrected chi connectivity index (χ4v) is 1.78. The maximum atomic E-state index is 12.1. The molecule has 0 spiro atoms. The van der Waals surface area contributed by atoms with Gasteiger partial charge in [0.1, 0.15) is 0 Å². The first-order chi connectivity index (χ1) is 7.20. The van der Waals surface area contributed by atoms with Crippen LogP contribution in [0.5, 0.6) is 0 Å². The van der Waals surface area contributed by atoms with E-state index in [2.05, 4.69) is 18.8 Å². The van der Waals surface area contributed by atoms with Crippen LogP contribution in [0.15, 0.2) is 18.5 Å². The predicted molar refractivity (Wildman–Crippen MR) is 62.0 cm³/mol. The quantitative estimate of drug-likeness (QED) is 0.690. The van der Waals surface area contributed by atoms with E-state index in [1.807, 2.05) is 13.0 Å². The van der Waals surface area contributed by atoms with Gasteiger partial charge in [0.2, 0.25) is 0 Å². The lowest BCUT2D eigenvalue weighted by Crippen LogP contribution is -2.13. The van der Waals surface area contributed by atoms with Crippen molar-refractivity contribution in [2.75, 3.05) is 0 Å². The number of Topliss-reactive ketones (excluding diaryl/α,β-unsaturated/α-hetero) is 1. The van der Waals surface area contributed by atoms with E-state index in [1.165, 1.54) is 0 Å².